The highest BCUT2D eigenvalue weighted by Crippen LogP contribution is 2.11. The number of methoxy groups -OCH3 is 1. The molecule has 1 aromatic carbocycles. The molecular weight excluding hydrogens is 256 g/mol. The number of carbonyl (C=O) groups is 2. The van der Waals surface area contributed by atoms with Crippen LogP contribution in [0.15, 0.2) is 24.3 Å². The Hall–Kier alpha value is -2.32. The Kier molecular flexibility index (Phi) is 6.27. The molecule has 0 radical (unpaired) electrons. The van der Waals surface area contributed by atoms with E-state index in [9.17, 15) is 9.59 Å². The highest BCUT2D eigenvalue weighted by Gasteiger charge is 2.19. The van der Waals surface area contributed by atoms with Gasteiger partial charge >= 0.3 is 5.97 Å². The van der Waals surface area contributed by atoms with Crippen LogP contribution >= 0.6 is 0 Å². The van der Waals surface area contributed by atoms with E-state index in [-0.39, 0.29) is 19.0 Å². The van der Waals surface area contributed by atoms with E-state index in [1.54, 1.807) is 31.2 Å². The Balaban J connectivity index is 3.03. The van der Waals surface area contributed by atoms with E-state index in [2.05, 4.69) is 16.6 Å². The predicted octanol–water partition coefficient (Wildman–Crippen LogP) is 0.632. The number of carbonyl (C=O) groups excluding carboxylic acids is 2. The molecule has 0 aliphatic carbocycles. The zero-order valence-corrected chi connectivity index (χ0v) is 11.7. The minimum Gasteiger partial charge on any atom is -0.468 e. The molecule has 5 nitrogen and oxygen atoms in total. The maximum absolute atomic E-state index is 12.4. The third-order valence-electron chi connectivity index (χ3n) is 2.70. The number of amides is 1. The second kappa shape index (κ2) is 7.97. The van der Waals surface area contributed by atoms with E-state index in [4.69, 9.17) is 5.73 Å². The zero-order valence-electron chi connectivity index (χ0n) is 11.7. The number of rotatable bonds is 4. The van der Waals surface area contributed by atoms with Crippen molar-refractivity contribution < 1.29 is 14.3 Å². The summed E-state index contributed by atoms with van der Waals surface area (Å²) in [5.74, 6) is 4.88. The largest absolute Gasteiger partial charge is 0.468 e. The summed E-state index contributed by atoms with van der Waals surface area (Å²) in [4.78, 5) is 25.2. The molecule has 2 N–H and O–H groups in total. The Labute approximate surface area is 118 Å². The van der Waals surface area contributed by atoms with Gasteiger partial charge in [0.25, 0.3) is 5.91 Å². The van der Waals surface area contributed by atoms with Gasteiger partial charge in [-0.25, -0.2) is 0 Å². The van der Waals surface area contributed by atoms with Crippen molar-refractivity contribution in [3.05, 3.63) is 35.4 Å². The Morgan fingerprint density at radius 3 is 2.65 bits per heavy atom. The van der Waals surface area contributed by atoms with Crippen molar-refractivity contribution in [2.24, 2.45) is 5.73 Å². The molecule has 1 rings (SSSR count). The standard InChI is InChI=1S/C15H18N2O3/c1-3-17(11-14(18)20-2)15(19)13-9-5-4-7-12(13)8-6-10-16/h4-5,7,9H,3,10-11,16H2,1-2H3. The Bertz CT molecular complexity index is 544. The molecule has 0 atom stereocenters. The summed E-state index contributed by atoms with van der Waals surface area (Å²) in [5, 5.41) is 0. The van der Waals surface area contributed by atoms with Crippen LogP contribution in [0.2, 0.25) is 0 Å². The molecule has 1 amide bonds. The minimum absolute atomic E-state index is 0.0789. The lowest BCUT2D eigenvalue weighted by atomic mass is 10.1. The van der Waals surface area contributed by atoms with Crippen LogP contribution in [0.5, 0.6) is 0 Å². The molecule has 0 fully saturated rings. The average Bonchev–Trinajstić information content (AvgIpc) is 2.49. The number of likely N-dealkylation sites (N-methyl/N-ethyl adjacent to an activating group) is 1. The van der Waals surface area contributed by atoms with Crippen molar-refractivity contribution in [1.29, 1.82) is 0 Å². The van der Waals surface area contributed by atoms with E-state index < -0.39 is 5.97 Å². The fourth-order valence-electron chi connectivity index (χ4n) is 1.64. The van der Waals surface area contributed by atoms with Crippen molar-refractivity contribution in [3.8, 4) is 11.8 Å². The van der Waals surface area contributed by atoms with Crippen molar-refractivity contribution in [1.82, 2.24) is 4.90 Å². The van der Waals surface area contributed by atoms with Gasteiger partial charge < -0.3 is 15.4 Å². The number of nitrogens with two attached hydrogens (primary N) is 1. The molecule has 5 heteroatoms. The number of benzene rings is 1. The summed E-state index contributed by atoms with van der Waals surface area (Å²) < 4.78 is 4.59. The Morgan fingerprint density at radius 1 is 1.35 bits per heavy atom. The van der Waals surface area contributed by atoms with E-state index in [0.717, 1.165) is 0 Å². The summed E-state index contributed by atoms with van der Waals surface area (Å²) in [7, 11) is 1.29. The maximum atomic E-state index is 12.4. The Morgan fingerprint density at radius 2 is 2.05 bits per heavy atom. The number of ether oxygens (including phenoxy) is 1. The lowest BCUT2D eigenvalue weighted by Gasteiger charge is -2.20. The minimum atomic E-state index is -0.453. The molecule has 20 heavy (non-hydrogen) atoms. The number of hydrogen-bond donors (Lipinski definition) is 1. The molecule has 0 aliphatic heterocycles. The van der Waals surface area contributed by atoms with Crippen LogP contribution in [0.3, 0.4) is 0 Å². The first-order valence-corrected chi connectivity index (χ1v) is 6.28. The molecule has 0 saturated heterocycles. The van der Waals surface area contributed by atoms with E-state index in [1.807, 2.05) is 0 Å². The first kappa shape index (κ1) is 15.7. The van der Waals surface area contributed by atoms with Gasteiger partial charge in [-0.15, -0.1) is 0 Å². The van der Waals surface area contributed by atoms with Gasteiger partial charge in [-0.3, -0.25) is 9.59 Å². The lowest BCUT2D eigenvalue weighted by molar-refractivity contribution is -0.141. The van der Waals surface area contributed by atoms with Gasteiger partial charge in [0.2, 0.25) is 0 Å². The van der Waals surface area contributed by atoms with Crippen LogP contribution in [0, 0.1) is 11.8 Å². The summed E-state index contributed by atoms with van der Waals surface area (Å²) in [6.45, 7) is 2.36. The van der Waals surface area contributed by atoms with Crippen molar-refractivity contribution in [2.45, 2.75) is 6.92 Å². The van der Waals surface area contributed by atoms with Gasteiger partial charge in [0, 0.05) is 12.1 Å². The normalized spacial score (nSPS) is 9.35. The summed E-state index contributed by atoms with van der Waals surface area (Å²) in [6, 6.07) is 6.99. The molecule has 106 valence electrons. The van der Waals surface area contributed by atoms with Crippen LogP contribution in [-0.2, 0) is 9.53 Å². The van der Waals surface area contributed by atoms with Gasteiger partial charge in [-0.2, -0.15) is 0 Å². The quantitative estimate of drug-likeness (QED) is 0.645. The van der Waals surface area contributed by atoms with Gasteiger partial charge in [0.15, 0.2) is 0 Å². The second-order valence-electron chi connectivity index (χ2n) is 3.95. The van der Waals surface area contributed by atoms with Crippen molar-refractivity contribution in [3.63, 3.8) is 0 Å². The van der Waals surface area contributed by atoms with Crippen molar-refractivity contribution in [2.75, 3.05) is 26.7 Å². The highest BCUT2D eigenvalue weighted by atomic mass is 16.5. The molecule has 0 unspecified atom stereocenters. The monoisotopic (exact) mass is 274 g/mol. The number of hydrogen-bond acceptors (Lipinski definition) is 4. The fraction of sp³-hybridized carbons (Fsp3) is 0.333. The summed E-state index contributed by atoms with van der Waals surface area (Å²) in [5.41, 5.74) is 6.40. The third kappa shape index (κ3) is 4.11. The summed E-state index contributed by atoms with van der Waals surface area (Å²) >= 11 is 0. The van der Waals surface area contributed by atoms with E-state index in [0.29, 0.717) is 17.7 Å². The molecule has 0 saturated carbocycles. The predicted molar refractivity (Wildman–Crippen MR) is 76.0 cm³/mol. The number of esters is 1. The van der Waals surface area contributed by atoms with E-state index >= 15 is 0 Å². The first-order chi connectivity index (χ1) is 9.63. The molecule has 0 aliphatic rings. The van der Waals surface area contributed by atoms with Crippen LogP contribution in [-0.4, -0.2) is 43.5 Å². The first-order valence-electron chi connectivity index (χ1n) is 6.28. The number of nitrogens with zero attached hydrogens (tertiary/aromatic N) is 1. The van der Waals surface area contributed by atoms with Gasteiger partial charge in [-0.05, 0) is 19.1 Å². The molecular formula is C15H18N2O3. The van der Waals surface area contributed by atoms with Crippen LogP contribution in [0.1, 0.15) is 22.8 Å². The third-order valence-corrected chi connectivity index (χ3v) is 2.70. The van der Waals surface area contributed by atoms with Crippen molar-refractivity contribution >= 4 is 11.9 Å². The SMILES string of the molecule is CCN(CC(=O)OC)C(=O)c1ccccc1C#CCN. The average molecular weight is 274 g/mol. The molecule has 0 bridgehead atoms. The van der Waals surface area contributed by atoms with Gasteiger partial charge in [0.05, 0.1) is 19.2 Å². The molecule has 0 aromatic heterocycles. The zero-order chi connectivity index (χ0) is 15.0. The lowest BCUT2D eigenvalue weighted by Crippen LogP contribution is -2.36. The van der Waals surface area contributed by atoms with Gasteiger partial charge in [0.1, 0.15) is 6.54 Å². The molecule has 0 spiro atoms. The topological polar surface area (TPSA) is 72.6 Å². The fourth-order valence-corrected chi connectivity index (χ4v) is 1.64. The highest BCUT2D eigenvalue weighted by molar-refractivity contribution is 5.98. The molecule has 1 aromatic rings. The van der Waals surface area contributed by atoms with E-state index in [1.165, 1.54) is 12.0 Å². The second-order valence-corrected chi connectivity index (χ2v) is 3.95. The van der Waals surface area contributed by atoms with Crippen LogP contribution < -0.4 is 5.73 Å². The van der Waals surface area contributed by atoms with Gasteiger partial charge in [-0.1, -0.05) is 24.0 Å². The maximum Gasteiger partial charge on any atom is 0.325 e. The summed E-state index contributed by atoms with van der Waals surface area (Å²) in [6.07, 6.45) is 0. The molecule has 0 heterocycles. The van der Waals surface area contributed by atoms with Crippen LogP contribution in [0.4, 0.5) is 0 Å². The smallest absolute Gasteiger partial charge is 0.325 e. The van der Waals surface area contributed by atoms with Crippen LogP contribution in [0.25, 0.3) is 0 Å².